The molecule has 1 fully saturated rings. The summed E-state index contributed by atoms with van der Waals surface area (Å²) in [5.74, 6) is 2.56. The monoisotopic (exact) mass is 249 g/mol. The Kier molecular flexibility index (Phi) is 4.36. The number of rotatable bonds is 4. The summed E-state index contributed by atoms with van der Waals surface area (Å²) in [5.41, 5.74) is 0. The van der Waals surface area contributed by atoms with E-state index in [9.17, 15) is 0 Å². The van der Waals surface area contributed by atoms with Crippen molar-refractivity contribution in [2.24, 2.45) is 0 Å². The van der Waals surface area contributed by atoms with Crippen molar-refractivity contribution in [3.8, 4) is 0 Å². The summed E-state index contributed by atoms with van der Waals surface area (Å²) in [4.78, 5) is 11.1. The van der Waals surface area contributed by atoms with Gasteiger partial charge in [0.05, 0.1) is 0 Å². The molecular weight excluding hydrogens is 226 g/mol. The van der Waals surface area contributed by atoms with E-state index in [2.05, 4.69) is 32.5 Å². The van der Waals surface area contributed by atoms with Crippen LogP contribution in [0.1, 0.15) is 25.1 Å². The summed E-state index contributed by atoms with van der Waals surface area (Å²) in [6.07, 6.45) is 3.93. The first-order valence-electron chi connectivity index (χ1n) is 6.66. The molecule has 0 bridgehead atoms. The van der Waals surface area contributed by atoms with Gasteiger partial charge in [-0.05, 0) is 33.4 Å². The van der Waals surface area contributed by atoms with Crippen molar-refractivity contribution in [2.75, 3.05) is 37.8 Å². The van der Waals surface area contributed by atoms with Gasteiger partial charge in [-0.25, -0.2) is 9.97 Å². The van der Waals surface area contributed by atoms with Gasteiger partial charge < -0.3 is 15.5 Å². The van der Waals surface area contributed by atoms with E-state index in [1.807, 2.05) is 20.0 Å². The van der Waals surface area contributed by atoms with Crippen molar-refractivity contribution in [2.45, 2.75) is 32.2 Å². The first-order valence-corrected chi connectivity index (χ1v) is 6.66. The highest BCUT2D eigenvalue weighted by Crippen LogP contribution is 2.16. The Morgan fingerprint density at radius 3 is 2.83 bits per heavy atom. The quantitative estimate of drug-likeness (QED) is 0.851. The number of hydrogen-bond acceptors (Lipinski definition) is 5. The molecule has 2 heterocycles. The molecule has 18 heavy (non-hydrogen) atoms. The minimum Gasteiger partial charge on any atom is -0.373 e. The predicted molar refractivity (Wildman–Crippen MR) is 75.1 cm³/mol. The fraction of sp³-hybridized carbons (Fsp3) is 0.692. The lowest BCUT2D eigenvalue weighted by atomic mass is 10.0. The molecule has 100 valence electrons. The second-order valence-electron chi connectivity index (χ2n) is 4.95. The minimum absolute atomic E-state index is 0.618. The number of hydrogen-bond donors (Lipinski definition) is 2. The summed E-state index contributed by atoms with van der Waals surface area (Å²) < 4.78 is 0. The number of aromatic nitrogens is 2. The number of piperidine rings is 1. The van der Waals surface area contributed by atoms with Crippen LogP contribution in [0.3, 0.4) is 0 Å². The average Bonchev–Trinajstić information content (AvgIpc) is 2.37. The Bertz CT molecular complexity index is 393. The fourth-order valence-corrected chi connectivity index (χ4v) is 2.41. The molecule has 0 saturated carbocycles. The smallest absolute Gasteiger partial charge is 0.131 e. The van der Waals surface area contributed by atoms with Crippen LogP contribution in [0.5, 0.6) is 0 Å². The first kappa shape index (κ1) is 13.1. The van der Waals surface area contributed by atoms with Crippen LogP contribution in [0.25, 0.3) is 0 Å². The molecule has 1 aliphatic heterocycles. The third-order valence-corrected chi connectivity index (χ3v) is 3.53. The van der Waals surface area contributed by atoms with Crippen molar-refractivity contribution in [3.63, 3.8) is 0 Å². The van der Waals surface area contributed by atoms with Gasteiger partial charge in [0.1, 0.15) is 17.5 Å². The van der Waals surface area contributed by atoms with Crippen molar-refractivity contribution in [1.82, 2.24) is 14.9 Å². The molecule has 0 radical (unpaired) electrons. The normalized spacial score (nSPS) is 20.7. The number of anilines is 2. The Hall–Kier alpha value is -1.36. The summed E-state index contributed by atoms with van der Waals surface area (Å²) in [5, 5.41) is 6.48. The van der Waals surface area contributed by atoms with E-state index in [-0.39, 0.29) is 0 Å². The van der Waals surface area contributed by atoms with E-state index in [0.717, 1.165) is 24.0 Å². The first-order chi connectivity index (χ1) is 8.69. The van der Waals surface area contributed by atoms with Gasteiger partial charge in [-0.2, -0.15) is 0 Å². The van der Waals surface area contributed by atoms with Crippen LogP contribution in [-0.4, -0.2) is 48.1 Å². The summed E-state index contributed by atoms with van der Waals surface area (Å²) in [6.45, 7) is 4.08. The lowest BCUT2D eigenvalue weighted by Crippen LogP contribution is -2.40. The SMILES string of the molecule is CNc1cc(NCC2CCCCN2C)nc(C)n1. The van der Waals surface area contributed by atoms with E-state index in [0.29, 0.717) is 6.04 Å². The van der Waals surface area contributed by atoms with Crippen molar-refractivity contribution < 1.29 is 0 Å². The van der Waals surface area contributed by atoms with E-state index in [1.165, 1.54) is 25.8 Å². The topological polar surface area (TPSA) is 53.1 Å². The third kappa shape index (κ3) is 3.32. The maximum atomic E-state index is 4.41. The molecule has 1 atom stereocenters. The van der Waals surface area contributed by atoms with Crippen LogP contribution >= 0.6 is 0 Å². The Balaban J connectivity index is 1.94. The Morgan fingerprint density at radius 1 is 1.33 bits per heavy atom. The maximum Gasteiger partial charge on any atom is 0.131 e. The molecule has 5 heteroatoms. The highest BCUT2D eigenvalue weighted by atomic mass is 15.2. The van der Waals surface area contributed by atoms with Crippen molar-refractivity contribution in [1.29, 1.82) is 0 Å². The van der Waals surface area contributed by atoms with Gasteiger partial charge >= 0.3 is 0 Å². The maximum absolute atomic E-state index is 4.41. The standard InChI is InChI=1S/C13H23N5/c1-10-16-12(14-2)8-13(17-10)15-9-11-6-4-5-7-18(11)3/h8,11H,4-7,9H2,1-3H3,(H2,14,15,16,17). The van der Waals surface area contributed by atoms with E-state index >= 15 is 0 Å². The van der Waals surface area contributed by atoms with Gasteiger partial charge in [-0.15, -0.1) is 0 Å². The van der Waals surface area contributed by atoms with Crippen LogP contribution in [0.15, 0.2) is 6.07 Å². The minimum atomic E-state index is 0.618. The van der Waals surface area contributed by atoms with E-state index < -0.39 is 0 Å². The van der Waals surface area contributed by atoms with Gasteiger partial charge in [0.25, 0.3) is 0 Å². The van der Waals surface area contributed by atoms with Crippen LogP contribution in [0.4, 0.5) is 11.6 Å². The summed E-state index contributed by atoms with van der Waals surface area (Å²) in [6, 6.07) is 2.57. The molecule has 0 aliphatic carbocycles. The zero-order valence-electron chi connectivity index (χ0n) is 11.5. The van der Waals surface area contributed by atoms with Crippen molar-refractivity contribution >= 4 is 11.6 Å². The molecule has 5 nitrogen and oxygen atoms in total. The molecule has 1 unspecified atom stereocenters. The molecule has 2 N–H and O–H groups in total. The van der Waals surface area contributed by atoms with E-state index in [1.54, 1.807) is 0 Å². The molecule has 1 aliphatic rings. The molecule has 0 spiro atoms. The number of nitrogens with zero attached hydrogens (tertiary/aromatic N) is 3. The molecule has 0 amide bonds. The van der Waals surface area contributed by atoms with E-state index in [4.69, 9.17) is 0 Å². The second-order valence-corrected chi connectivity index (χ2v) is 4.95. The number of aryl methyl sites for hydroxylation is 1. The number of likely N-dealkylation sites (N-methyl/N-ethyl adjacent to an activating group) is 1. The summed E-state index contributed by atoms with van der Waals surface area (Å²) in [7, 11) is 4.08. The van der Waals surface area contributed by atoms with Crippen LogP contribution in [-0.2, 0) is 0 Å². The highest BCUT2D eigenvalue weighted by molar-refractivity contribution is 5.47. The molecule has 2 rings (SSSR count). The van der Waals surface area contributed by atoms with Gasteiger partial charge in [0, 0.05) is 25.7 Å². The largest absolute Gasteiger partial charge is 0.373 e. The molecular formula is C13H23N5. The zero-order chi connectivity index (χ0) is 13.0. The van der Waals surface area contributed by atoms with Crippen LogP contribution in [0.2, 0.25) is 0 Å². The number of nitrogens with one attached hydrogen (secondary N) is 2. The Morgan fingerprint density at radius 2 is 2.11 bits per heavy atom. The van der Waals surface area contributed by atoms with Gasteiger partial charge in [-0.3, -0.25) is 0 Å². The second kappa shape index (κ2) is 6.00. The lowest BCUT2D eigenvalue weighted by Gasteiger charge is -2.32. The van der Waals surface area contributed by atoms with Crippen LogP contribution in [0, 0.1) is 6.92 Å². The zero-order valence-corrected chi connectivity index (χ0v) is 11.5. The van der Waals surface area contributed by atoms with Gasteiger partial charge in [0.2, 0.25) is 0 Å². The summed E-state index contributed by atoms with van der Waals surface area (Å²) >= 11 is 0. The fourth-order valence-electron chi connectivity index (χ4n) is 2.41. The molecule has 1 aromatic rings. The number of likely N-dealkylation sites (tertiary alicyclic amines) is 1. The third-order valence-electron chi connectivity index (χ3n) is 3.53. The molecule has 1 saturated heterocycles. The lowest BCUT2D eigenvalue weighted by molar-refractivity contribution is 0.194. The Labute approximate surface area is 109 Å². The van der Waals surface area contributed by atoms with Gasteiger partial charge in [0.15, 0.2) is 0 Å². The van der Waals surface area contributed by atoms with Crippen LogP contribution < -0.4 is 10.6 Å². The molecule has 0 aromatic carbocycles. The predicted octanol–water partition coefficient (Wildman–Crippen LogP) is 1.72. The molecule has 1 aromatic heterocycles. The average molecular weight is 249 g/mol. The highest BCUT2D eigenvalue weighted by Gasteiger charge is 2.18. The van der Waals surface area contributed by atoms with Crippen molar-refractivity contribution in [3.05, 3.63) is 11.9 Å². The van der Waals surface area contributed by atoms with Gasteiger partial charge in [-0.1, -0.05) is 6.42 Å².